The van der Waals surface area contributed by atoms with E-state index in [4.69, 9.17) is 5.73 Å². The van der Waals surface area contributed by atoms with E-state index in [0.717, 1.165) is 10.0 Å². The van der Waals surface area contributed by atoms with E-state index in [-0.39, 0.29) is 18.1 Å². The van der Waals surface area contributed by atoms with Crippen LogP contribution in [-0.2, 0) is 0 Å². The number of hydrogen-bond donors (Lipinski definition) is 1. The van der Waals surface area contributed by atoms with Crippen LogP contribution in [0.5, 0.6) is 0 Å². The molecule has 1 aliphatic rings. The lowest BCUT2D eigenvalue weighted by Crippen LogP contribution is -2.38. The van der Waals surface area contributed by atoms with Gasteiger partial charge in [0.2, 0.25) is 0 Å². The van der Waals surface area contributed by atoms with Crippen molar-refractivity contribution in [3.63, 3.8) is 0 Å². The van der Waals surface area contributed by atoms with Crippen LogP contribution in [-0.4, -0.2) is 27.8 Å². The Hall–Kier alpha value is -1.43. The first-order valence-corrected chi connectivity index (χ1v) is 6.07. The number of halogens is 1. The van der Waals surface area contributed by atoms with Crippen molar-refractivity contribution in [1.82, 2.24) is 9.88 Å². The number of nitrogens with zero attached hydrogens (tertiary/aromatic N) is 3. The minimum atomic E-state index is -0.313. The van der Waals surface area contributed by atoms with Crippen LogP contribution >= 0.6 is 15.9 Å². The third-order valence-corrected chi connectivity index (χ3v) is 3.04. The van der Waals surface area contributed by atoms with Crippen LogP contribution in [0.1, 0.15) is 25.5 Å². The minimum Gasteiger partial charge on any atom is -0.385 e. The van der Waals surface area contributed by atoms with E-state index in [1.807, 2.05) is 19.9 Å². The zero-order valence-electron chi connectivity index (χ0n) is 9.59. The smallest absolute Gasteiger partial charge is 0.346 e. The molecule has 17 heavy (non-hydrogen) atoms. The van der Waals surface area contributed by atoms with Gasteiger partial charge in [-0.3, -0.25) is 4.98 Å². The summed E-state index contributed by atoms with van der Waals surface area (Å²) in [4.78, 5) is 21.3. The zero-order chi connectivity index (χ0) is 12.6. The van der Waals surface area contributed by atoms with Gasteiger partial charge in [0.15, 0.2) is 0 Å². The quantitative estimate of drug-likeness (QED) is 0.908. The number of amidine groups is 1. The van der Waals surface area contributed by atoms with E-state index < -0.39 is 0 Å². The number of aliphatic imine (C=N–C) groups is 1. The molecule has 5 nitrogen and oxygen atoms in total. The van der Waals surface area contributed by atoms with Crippen LogP contribution in [0.25, 0.3) is 0 Å². The number of aromatic nitrogens is 1. The molecule has 0 spiro atoms. The molecule has 90 valence electrons. The third kappa shape index (κ3) is 2.17. The fraction of sp³-hybridized carbons (Fsp3) is 0.364. The Labute approximate surface area is 108 Å². The van der Waals surface area contributed by atoms with Crippen molar-refractivity contribution in [3.05, 3.63) is 28.5 Å². The summed E-state index contributed by atoms with van der Waals surface area (Å²) in [6.45, 7) is 3.87. The van der Waals surface area contributed by atoms with Gasteiger partial charge in [-0.05, 0) is 35.8 Å². The second-order valence-corrected chi connectivity index (χ2v) is 5.07. The molecule has 0 bridgehead atoms. The molecule has 6 heteroatoms. The second-order valence-electron chi connectivity index (χ2n) is 4.16. The maximum Gasteiger partial charge on any atom is 0.346 e. The summed E-state index contributed by atoms with van der Waals surface area (Å²) in [6, 6.07) is 1.33. The molecule has 1 aromatic rings. The number of carbonyl (C=O) groups excluding carboxylic acids is 1. The fourth-order valence-corrected chi connectivity index (χ4v) is 2.29. The molecule has 1 aromatic heterocycles. The molecule has 0 fully saturated rings. The average Bonchev–Trinajstić information content (AvgIpc) is 2.53. The topological polar surface area (TPSA) is 71.6 Å². The summed E-state index contributed by atoms with van der Waals surface area (Å²) in [5, 5.41) is 0. The van der Waals surface area contributed by atoms with Crippen molar-refractivity contribution in [3.8, 4) is 0 Å². The lowest BCUT2D eigenvalue weighted by molar-refractivity contribution is 0.190. The van der Waals surface area contributed by atoms with Crippen molar-refractivity contribution in [2.45, 2.75) is 25.9 Å². The summed E-state index contributed by atoms with van der Waals surface area (Å²) in [7, 11) is 0. The lowest BCUT2D eigenvalue weighted by atomic mass is 10.1. The van der Waals surface area contributed by atoms with Crippen molar-refractivity contribution in [1.29, 1.82) is 0 Å². The summed E-state index contributed by atoms with van der Waals surface area (Å²) >= 11 is 3.35. The number of nitrogens with two attached hydrogens (primary N) is 1. The van der Waals surface area contributed by atoms with Gasteiger partial charge in [0.25, 0.3) is 0 Å². The van der Waals surface area contributed by atoms with Crippen molar-refractivity contribution < 1.29 is 4.79 Å². The number of rotatable bonds is 2. The predicted molar refractivity (Wildman–Crippen MR) is 68.7 cm³/mol. The van der Waals surface area contributed by atoms with Crippen LogP contribution in [0.3, 0.4) is 0 Å². The highest BCUT2D eigenvalue weighted by atomic mass is 79.9. The van der Waals surface area contributed by atoms with Crippen molar-refractivity contribution in [2.24, 2.45) is 10.7 Å². The molecule has 2 heterocycles. The van der Waals surface area contributed by atoms with E-state index in [1.165, 1.54) is 0 Å². The summed E-state index contributed by atoms with van der Waals surface area (Å²) < 4.78 is 0.853. The average molecular weight is 297 g/mol. The van der Waals surface area contributed by atoms with Gasteiger partial charge in [-0.2, -0.15) is 4.99 Å². The van der Waals surface area contributed by atoms with E-state index >= 15 is 0 Å². The van der Waals surface area contributed by atoms with Crippen LogP contribution in [0.15, 0.2) is 27.9 Å². The molecule has 2 rings (SSSR count). The molecule has 1 unspecified atom stereocenters. The number of urea groups is 1. The molecule has 1 aliphatic heterocycles. The van der Waals surface area contributed by atoms with Gasteiger partial charge in [-0.1, -0.05) is 0 Å². The molecule has 0 saturated heterocycles. The molecule has 0 aliphatic carbocycles. The van der Waals surface area contributed by atoms with Gasteiger partial charge >= 0.3 is 6.03 Å². The number of carbonyl (C=O) groups is 1. The molecule has 0 radical (unpaired) electrons. The van der Waals surface area contributed by atoms with Crippen molar-refractivity contribution in [2.75, 3.05) is 0 Å². The van der Waals surface area contributed by atoms with Gasteiger partial charge < -0.3 is 10.6 Å². The standard InChI is InChI=1S/C11H13BrN4O/c1-6(2)16-9(10(13)15-11(16)17)7-3-8(12)5-14-4-7/h3-6,9H,1-2H3,(H2,13,15,17). The maximum atomic E-state index is 11.7. The summed E-state index contributed by atoms with van der Waals surface area (Å²) in [5.41, 5.74) is 6.69. The van der Waals surface area contributed by atoms with Crippen LogP contribution < -0.4 is 5.73 Å². The first-order chi connectivity index (χ1) is 8.00. The number of amides is 2. The zero-order valence-corrected chi connectivity index (χ0v) is 11.2. The van der Waals surface area contributed by atoms with E-state index in [2.05, 4.69) is 25.9 Å². The molecule has 0 saturated carbocycles. The first kappa shape index (κ1) is 12.0. The van der Waals surface area contributed by atoms with E-state index in [9.17, 15) is 4.79 Å². The highest BCUT2D eigenvalue weighted by Gasteiger charge is 2.36. The molecule has 2 N–H and O–H groups in total. The Morgan fingerprint density at radius 3 is 2.76 bits per heavy atom. The summed E-state index contributed by atoms with van der Waals surface area (Å²) in [6.07, 6.45) is 3.39. The van der Waals surface area contributed by atoms with Crippen LogP contribution in [0.2, 0.25) is 0 Å². The van der Waals surface area contributed by atoms with Gasteiger partial charge in [0, 0.05) is 28.5 Å². The molecular weight excluding hydrogens is 284 g/mol. The number of hydrogen-bond acceptors (Lipinski definition) is 3. The van der Waals surface area contributed by atoms with Gasteiger partial charge in [0.05, 0.1) is 0 Å². The lowest BCUT2D eigenvalue weighted by Gasteiger charge is -2.27. The van der Waals surface area contributed by atoms with Crippen LogP contribution in [0, 0.1) is 0 Å². The fourth-order valence-electron chi connectivity index (χ4n) is 1.91. The Bertz CT molecular complexity index is 486. The predicted octanol–water partition coefficient (Wildman–Crippen LogP) is 2.09. The highest BCUT2D eigenvalue weighted by molar-refractivity contribution is 9.10. The Kier molecular flexibility index (Phi) is 3.15. The summed E-state index contributed by atoms with van der Waals surface area (Å²) in [5.74, 6) is 0.323. The number of pyridine rings is 1. The Morgan fingerprint density at radius 1 is 1.47 bits per heavy atom. The Balaban J connectivity index is 2.42. The SMILES string of the molecule is CC(C)N1C(=O)N=C(N)C1c1cncc(Br)c1. The minimum absolute atomic E-state index is 0.0382. The first-order valence-electron chi connectivity index (χ1n) is 5.27. The van der Waals surface area contributed by atoms with Gasteiger partial charge in [-0.15, -0.1) is 0 Å². The highest BCUT2D eigenvalue weighted by Crippen LogP contribution is 2.29. The molecule has 0 aromatic carbocycles. The van der Waals surface area contributed by atoms with E-state index in [0.29, 0.717) is 5.84 Å². The normalized spacial score (nSPS) is 20.0. The van der Waals surface area contributed by atoms with Gasteiger partial charge in [-0.25, -0.2) is 4.79 Å². The third-order valence-electron chi connectivity index (χ3n) is 2.60. The van der Waals surface area contributed by atoms with E-state index in [1.54, 1.807) is 17.3 Å². The maximum absolute atomic E-state index is 11.7. The largest absolute Gasteiger partial charge is 0.385 e. The second kappa shape index (κ2) is 4.44. The van der Waals surface area contributed by atoms with Gasteiger partial charge in [0.1, 0.15) is 11.9 Å². The van der Waals surface area contributed by atoms with Crippen LogP contribution in [0.4, 0.5) is 4.79 Å². The molecule has 1 atom stereocenters. The van der Waals surface area contributed by atoms with Crippen molar-refractivity contribution >= 4 is 27.8 Å². The Morgan fingerprint density at radius 2 is 2.18 bits per heavy atom. The monoisotopic (exact) mass is 296 g/mol. The molecule has 2 amide bonds. The molecular formula is C11H13BrN4O.